The minimum Gasteiger partial charge on any atom is -0.452 e. The number of rotatable bonds is 5. The predicted octanol–water partition coefficient (Wildman–Crippen LogP) is 1.62. The van der Waals surface area contributed by atoms with Crippen LogP contribution in [-0.2, 0) is 30.6 Å². The van der Waals surface area contributed by atoms with Crippen LogP contribution in [0.5, 0.6) is 0 Å². The number of amides is 1. The molecule has 0 radical (unpaired) electrons. The summed E-state index contributed by atoms with van der Waals surface area (Å²) in [6, 6.07) is 13.2. The number of fused-ring (bicyclic) bond motifs is 1. The van der Waals surface area contributed by atoms with Crippen molar-refractivity contribution in [3.05, 3.63) is 48.0 Å². The van der Waals surface area contributed by atoms with E-state index in [4.69, 9.17) is 4.74 Å². The van der Waals surface area contributed by atoms with Gasteiger partial charge < -0.3 is 10.1 Å². The zero-order valence-corrected chi connectivity index (χ0v) is 15.3. The lowest BCUT2D eigenvalue weighted by Crippen LogP contribution is -2.42. The molecule has 2 atom stereocenters. The summed E-state index contributed by atoms with van der Waals surface area (Å²) in [7, 11) is -3.07. The first-order chi connectivity index (χ1) is 12.3. The van der Waals surface area contributed by atoms with E-state index in [1.54, 1.807) is 0 Å². The molecule has 1 aliphatic heterocycles. The van der Waals surface area contributed by atoms with Crippen LogP contribution in [0.3, 0.4) is 0 Å². The second kappa shape index (κ2) is 7.45. The molecule has 26 heavy (non-hydrogen) atoms. The van der Waals surface area contributed by atoms with Gasteiger partial charge in [-0.15, -0.1) is 0 Å². The Morgan fingerprint density at radius 2 is 1.92 bits per heavy atom. The molecule has 0 unspecified atom stereocenters. The second-order valence-corrected chi connectivity index (χ2v) is 8.83. The summed E-state index contributed by atoms with van der Waals surface area (Å²) in [5.74, 6) is -0.953. The number of sulfone groups is 1. The third kappa shape index (κ3) is 4.60. The monoisotopic (exact) mass is 375 g/mol. The van der Waals surface area contributed by atoms with Crippen molar-refractivity contribution in [1.82, 2.24) is 5.32 Å². The topological polar surface area (TPSA) is 89.5 Å². The highest BCUT2D eigenvalue weighted by Crippen LogP contribution is 2.16. The van der Waals surface area contributed by atoms with Crippen LogP contribution in [-0.4, -0.2) is 43.9 Å². The van der Waals surface area contributed by atoms with E-state index in [9.17, 15) is 18.0 Å². The van der Waals surface area contributed by atoms with Gasteiger partial charge in [0, 0.05) is 6.04 Å². The molecule has 1 N–H and O–H groups in total. The summed E-state index contributed by atoms with van der Waals surface area (Å²) >= 11 is 0. The van der Waals surface area contributed by atoms with Crippen LogP contribution < -0.4 is 5.32 Å². The highest BCUT2D eigenvalue weighted by molar-refractivity contribution is 7.91. The number of hydrogen-bond acceptors (Lipinski definition) is 5. The van der Waals surface area contributed by atoms with Gasteiger partial charge >= 0.3 is 5.97 Å². The van der Waals surface area contributed by atoms with Crippen molar-refractivity contribution < 1.29 is 22.7 Å². The fourth-order valence-corrected chi connectivity index (χ4v) is 4.71. The van der Waals surface area contributed by atoms with Gasteiger partial charge in [-0.1, -0.05) is 42.5 Å². The van der Waals surface area contributed by atoms with Gasteiger partial charge in [-0.25, -0.2) is 8.42 Å². The first kappa shape index (κ1) is 18.4. The molecule has 6 nitrogen and oxygen atoms in total. The quantitative estimate of drug-likeness (QED) is 0.802. The van der Waals surface area contributed by atoms with E-state index in [1.807, 2.05) is 42.5 Å². The van der Waals surface area contributed by atoms with E-state index >= 15 is 0 Å². The normalized spacial score (nSPS) is 19.8. The van der Waals surface area contributed by atoms with Gasteiger partial charge in [0.25, 0.3) is 5.91 Å². The lowest BCUT2D eigenvalue weighted by molar-refractivity contribution is -0.154. The molecule has 0 spiro atoms. The molecule has 0 aromatic heterocycles. The predicted molar refractivity (Wildman–Crippen MR) is 98.4 cm³/mol. The minimum atomic E-state index is -3.07. The molecule has 1 saturated heterocycles. The Hall–Kier alpha value is -2.41. The van der Waals surface area contributed by atoms with Crippen LogP contribution >= 0.6 is 0 Å². The van der Waals surface area contributed by atoms with E-state index in [2.05, 4.69) is 5.32 Å². The van der Waals surface area contributed by atoms with Crippen LogP contribution in [0.25, 0.3) is 10.8 Å². The maximum atomic E-state index is 12.1. The highest BCUT2D eigenvalue weighted by atomic mass is 32.2. The van der Waals surface area contributed by atoms with Crippen LogP contribution in [0.2, 0.25) is 0 Å². The summed E-state index contributed by atoms with van der Waals surface area (Å²) in [4.78, 5) is 24.2. The SMILES string of the molecule is C[C@@H](OC(=O)Cc1ccc2ccccc2c1)C(=O)N[C@@H]1CCS(=O)(=O)C1. The molecule has 1 aliphatic rings. The Bertz CT molecular complexity index is 938. The number of esters is 1. The van der Waals surface area contributed by atoms with Crippen LogP contribution in [0.1, 0.15) is 18.9 Å². The van der Waals surface area contributed by atoms with Crippen LogP contribution in [0, 0.1) is 0 Å². The Labute approximate surface area is 152 Å². The van der Waals surface area contributed by atoms with Crippen LogP contribution in [0.4, 0.5) is 0 Å². The molecule has 138 valence electrons. The first-order valence-corrected chi connectivity index (χ1v) is 10.3. The Kier molecular flexibility index (Phi) is 5.27. The molecule has 3 rings (SSSR count). The molecular weight excluding hydrogens is 354 g/mol. The molecule has 0 saturated carbocycles. The molecule has 2 aromatic carbocycles. The summed E-state index contributed by atoms with van der Waals surface area (Å²) in [5.41, 5.74) is 0.809. The average molecular weight is 375 g/mol. The van der Waals surface area contributed by atoms with Gasteiger partial charge in [-0.05, 0) is 29.7 Å². The lowest BCUT2D eigenvalue weighted by Gasteiger charge is -2.16. The minimum absolute atomic E-state index is 0.0590. The van der Waals surface area contributed by atoms with Gasteiger partial charge in [0.15, 0.2) is 15.9 Å². The fourth-order valence-electron chi connectivity index (χ4n) is 3.04. The van der Waals surface area contributed by atoms with Crippen molar-refractivity contribution in [2.24, 2.45) is 0 Å². The van der Waals surface area contributed by atoms with Gasteiger partial charge in [0.05, 0.1) is 17.9 Å². The number of carbonyl (C=O) groups is 2. The van der Waals surface area contributed by atoms with E-state index < -0.39 is 33.9 Å². The highest BCUT2D eigenvalue weighted by Gasteiger charge is 2.30. The second-order valence-electron chi connectivity index (χ2n) is 6.60. The summed E-state index contributed by atoms with van der Waals surface area (Å²) in [5, 5.41) is 4.75. The number of benzene rings is 2. The molecule has 2 aromatic rings. The van der Waals surface area contributed by atoms with Crippen LogP contribution in [0.15, 0.2) is 42.5 Å². The van der Waals surface area contributed by atoms with E-state index in [0.29, 0.717) is 6.42 Å². The zero-order chi connectivity index (χ0) is 18.7. The van der Waals surface area contributed by atoms with Gasteiger partial charge in [-0.3, -0.25) is 9.59 Å². The molecule has 1 fully saturated rings. The summed E-state index contributed by atoms with van der Waals surface area (Å²) in [6.07, 6.45) is -0.502. The summed E-state index contributed by atoms with van der Waals surface area (Å²) < 4.78 is 28.0. The molecule has 7 heteroatoms. The standard InChI is InChI=1S/C19H21NO5S/c1-13(19(22)20-17-8-9-26(23,24)12-17)25-18(21)11-14-6-7-15-4-2-3-5-16(15)10-14/h2-7,10,13,17H,8-9,11-12H2,1H3,(H,20,22)/t13-,17-/m1/s1. The zero-order valence-electron chi connectivity index (χ0n) is 14.5. The first-order valence-electron chi connectivity index (χ1n) is 8.50. The van der Waals surface area contributed by atoms with Crippen molar-refractivity contribution in [2.45, 2.75) is 31.9 Å². The molecular formula is C19H21NO5S. The molecule has 1 heterocycles. The Morgan fingerprint density at radius 1 is 1.19 bits per heavy atom. The number of carbonyl (C=O) groups excluding carboxylic acids is 2. The average Bonchev–Trinajstić information content (AvgIpc) is 2.93. The number of ether oxygens (including phenoxy) is 1. The number of hydrogen-bond donors (Lipinski definition) is 1. The molecule has 1 amide bonds. The van der Waals surface area contributed by atoms with Crippen molar-refractivity contribution in [2.75, 3.05) is 11.5 Å². The largest absolute Gasteiger partial charge is 0.452 e. The van der Waals surface area contributed by atoms with E-state index in [1.165, 1.54) is 6.92 Å². The lowest BCUT2D eigenvalue weighted by atomic mass is 10.1. The Balaban J connectivity index is 1.54. The van der Waals surface area contributed by atoms with Crippen molar-refractivity contribution in [3.8, 4) is 0 Å². The van der Waals surface area contributed by atoms with Gasteiger partial charge in [-0.2, -0.15) is 0 Å². The van der Waals surface area contributed by atoms with E-state index in [-0.39, 0.29) is 17.9 Å². The maximum Gasteiger partial charge on any atom is 0.311 e. The third-order valence-electron chi connectivity index (χ3n) is 4.42. The fraction of sp³-hybridized carbons (Fsp3) is 0.368. The van der Waals surface area contributed by atoms with Crippen molar-refractivity contribution >= 4 is 32.5 Å². The van der Waals surface area contributed by atoms with Crippen molar-refractivity contribution in [1.29, 1.82) is 0 Å². The third-order valence-corrected chi connectivity index (χ3v) is 6.19. The summed E-state index contributed by atoms with van der Waals surface area (Å²) in [6.45, 7) is 1.48. The maximum absolute atomic E-state index is 12.1. The molecule has 0 aliphatic carbocycles. The number of nitrogens with one attached hydrogen (secondary N) is 1. The van der Waals surface area contributed by atoms with E-state index in [0.717, 1.165) is 16.3 Å². The Morgan fingerprint density at radius 3 is 2.62 bits per heavy atom. The molecule has 0 bridgehead atoms. The van der Waals surface area contributed by atoms with Gasteiger partial charge in [0.2, 0.25) is 0 Å². The van der Waals surface area contributed by atoms with Gasteiger partial charge in [0.1, 0.15) is 0 Å². The van der Waals surface area contributed by atoms with Crippen molar-refractivity contribution in [3.63, 3.8) is 0 Å². The smallest absolute Gasteiger partial charge is 0.311 e.